The molecule has 10 heteroatoms. The molecule has 34 heavy (non-hydrogen) atoms. The average Bonchev–Trinajstić information content (AvgIpc) is 2.83. The number of amides is 1. The van der Waals surface area contributed by atoms with Crippen molar-refractivity contribution >= 4 is 27.6 Å². The molecule has 0 radical (unpaired) electrons. The number of carbonyl (C=O) groups excluding carboxylic acids is 2. The molecule has 0 saturated heterocycles. The Balaban J connectivity index is 1.97. The first-order valence-electron chi connectivity index (χ1n) is 11.2. The summed E-state index contributed by atoms with van der Waals surface area (Å²) in [5, 5.41) is 2.58. The predicted octanol–water partition coefficient (Wildman–Crippen LogP) is 3.70. The summed E-state index contributed by atoms with van der Waals surface area (Å²) in [6, 6.07) is 10.5. The first-order chi connectivity index (χ1) is 16.3. The molecule has 1 N–H and O–H groups in total. The van der Waals surface area contributed by atoms with Crippen LogP contribution in [0.4, 0.5) is 5.69 Å². The molecular formula is C24H32N2O7S. The zero-order valence-electron chi connectivity index (χ0n) is 20.0. The van der Waals surface area contributed by atoms with E-state index in [-0.39, 0.29) is 10.5 Å². The number of hydrogen-bond donors (Lipinski definition) is 1. The lowest BCUT2D eigenvalue weighted by Gasteiger charge is -2.18. The third-order valence-electron chi connectivity index (χ3n) is 4.76. The highest BCUT2D eigenvalue weighted by atomic mass is 32.2. The second-order valence-corrected chi connectivity index (χ2v) is 9.12. The van der Waals surface area contributed by atoms with Gasteiger partial charge in [0.15, 0.2) is 18.1 Å². The van der Waals surface area contributed by atoms with Crippen LogP contribution in [0.5, 0.6) is 11.5 Å². The normalized spacial score (nSPS) is 11.2. The minimum absolute atomic E-state index is 0.136. The van der Waals surface area contributed by atoms with Crippen LogP contribution in [0, 0.1) is 0 Å². The second kappa shape index (κ2) is 13.0. The fraction of sp³-hybridized carbons (Fsp3) is 0.417. The average molecular weight is 493 g/mol. The van der Waals surface area contributed by atoms with Gasteiger partial charge in [-0.25, -0.2) is 13.2 Å². The molecular weight excluding hydrogens is 460 g/mol. The Bertz CT molecular complexity index is 1070. The predicted molar refractivity (Wildman–Crippen MR) is 129 cm³/mol. The Hall–Kier alpha value is -3.11. The SMILES string of the molecule is CCCOc1ccc(C(=O)OCC(=O)Nc2ccc(S(=O)(=O)N(CC)CC)cc2)cc1OCC. The van der Waals surface area contributed by atoms with Crippen molar-refractivity contribution in [2.45, 2.75) is 39.0 Å². The molecule has 0 atom stereocenters. The van der Waals surface area contributed by atoms with Gasteiger partial charge < -0.3 is 19.5 Å². The quantitative estimate of drug-likeness (QED) is 0.424. The van der Waals surface area contributed by atoms with E-state index < -0.39 is 28.5 Å². The molecule has 0 aliphatic rings. The second-order valence-electron chi connectivity index (χ2n) is 7.18. The molecule has 0 saturated carbocycles. The highest BCUT2D eigenvalue weighted by Gasteiger charge is 2.21. The monoisotopic (exact) mass is 492 g/mol. The molecule has 9 nitrogen and oxygen atoms in total. The number of sulfonamides is 1. The van der Waals surface area contributed by atoms with Crippen LogP contribution in [0.2, 0.25) is 0 Å². The van der Waals surface area contributed by atoms with Crippen molar-refractivity contribution in [1.82, 2.24) is 4.31 Å². The number of carbonyl (C=O) groups is 2. The maximum atomic E-state index is 12.5. The van der Waals surface area contributed by atoms with E-state index in [9.17, 15) is 18.0 Å². The Labute approximate surface area is 201 Å². The van der Waals surface area contributed by atoms with Gasteiger partial charge in [-0.3, -0.25) is 4.79 Å². The van der Waals surface area contributed by atoms with Crippen LogP contribution in [0.25, 0.3) is 0 Å². The highest BCUT2D eigenvalue weighted by molar-refractivity contribution is 7.89. The van der Waals surface area contributed by atoms with Crippen LogP contribution < -0.4 is 14.8 Å². The summed E-state index contributed by atoms with van der Waals surface area (Å²) in [7, 11) is -3.58. The van der Waals surface area contributed by atoms with E-state index in [0.29, 0.717) is 43.5 Å². The lowest BCUT2D eigenvalue weighted by molar-refractivity contribution is -0.119. The van der Waals surface area contributed by atoms with Gasteiger partial charge in [0.2, 0.25) is 10.0 Å². The van der Waals surface area contributed by atoms with Gasteiger partial charge >= 0.3 is 5.97 Å². The van der Waals surface area contributed by atoms with Crippen molar-refractivity contribution in [3.63, 3.8) is 0 Å². The number of benzene rings is 2. The van der Waals surface area contributed by atoms with Crippen LogP contribution in [-0.4, -0.2) is 57.5 Å². The van der Waals surface area contributed by atoms with Crippen LogP contribution in [0.1, 0.15) is 44.5 Å². The lowest BCUT2D eigenvalue weighted by atomic mass is 10.2. The smallest absolute Gasteiger partial charge is 0.338 e. The van der Waals surface area contributed by atoms with Crippen molar-refractivity contribution in [2.75, 3.05) is 38.2 Å². The van der Waals surface area contributed by atoms with Crippen LogP contribution in [0.15, 0.2) is 47.4 Å². The number of hydrogen-bond acceptors (Lipinski definition) is 7. The number of esters is 1. The summed E-state index contributed by atoms with van der Waals surface area (Å²) in [6.45, 7) is 8.49. The van der Waals surface area contributed by atoms with Crippen molar-refractivity contribution in [2.24, 2.45) is 0 Å². The zero-order valence-corrected chi connectivity index (χ0v) is 20.8. The molecule has 0 aliphatic heterocycles. The van der Waals surface area contributed by atoms with E-state index in [2.05, 4.69) is 5.32 Å². The molecule has 0 heterocycles. The lowest BCUT2D eigenvalue weighted by Crippen LogP contribution is -2.30. The fourth-order valence-electron chi connectivity index (χ4n) is 3.07. The van der Waals surface area contributed by atoms with Gasteiger partial charge in [0, 0.05) is 18.8 Å². The van der Waals surface area contributed by atoms with Gasteiger partial charge in [0.05, 0.1) is 23.7 Å². The first kappa shape index (κ1) is 27.1. The molecule has 0 bridgehead atoms. The Kier molecular flexibility index (Phi) is 10.3. The van der Waals surface area contributed by atoms with Crippen LogP contribution in [-0.2, 0) is 19.6 Å². The van der Waals surface area contributed by atoms with Crippen molar-refractivity contribution in [1.29, 1.82) is 0 Å². The van der Waals surface area contributed by atoms with E-state index in [1.807, 2.05) is 13.8 Å². The van der Waals surface area contributed by atoms with Gasteiger partial charge in [0.25, 0.3) is 5.91 Å². The fourth-order valence-corrected chi connectivity index (χ4v) is 4.53. The third-order valence-corrected chi connectivity index (χ3v) is 6.82. The molecule has 0 spiro atoms. The van der Waals surface area contributed by atoms with Gasteiger partial charge in [-0.05, 0) is 55.8 Å². The molecule has 2 aromatic carbocycles. The summed E-state index contributed by atoms with van der Waals surface area (Å²) in [5.41, 5.74) is 0.613. The Morgan fingerprint density at radius 1 is 0.912 bits per heavy atom. The van der Waals surface area contributed by atoms with E-state index in [1.54, 1.807) is 26.0 Å². The number of ether oxygens (including phenoxy) is 3. The van der Waals surface area contributed by atoms with Crippen LogP contribution in [0.3, 0.4) is 0 Å². The van der Waals surface area contributed by atoms with E-state index >= 15 is 0 Å². The standard InChI is InChI=1S/C24H32N2O7S/c1-5-15-32-21-14-9-18(16-22(21)31-8-4)24(28)33-17-23(27)25-19-10-12-20(13-11-19)34(29,30)26(6-2)7-3/h9-14,16H,5-8,15,17H2,1-4H3,(H,25,27). The van der Waals surface area contributed by atoms with E-state index in [0.717, 1.165) is 6.42 Å². The van der Waals surface area contributed by atoms with Crippen molar-refractivity contribution < 1.29 is 32.2 Å². The first-order valence-corrected chi connectivity index (χ1v) is 12.7. The van der Waals surface area contributed by atoms with Crippen molar-refractivity contribution in [3.05, 3.63) is 48.0 Å². The number of nitrogens with one attached hydrogen (secondary N) is 1. The molecule has 186 valence electrons. The van der Waals surface area contributed by atoms with Gasteiger partial charge in [-0.2, -0.15) is 4.31 Å². The summed E-state index contributed by atoms with van der Waals surface area (Å²) >= 11 is 0. The summed E-state index contributed by atoms with van der Waals surface area (Å²) in [5.74, 6) is -0.279. The molecule has 0 aliphatic carbocycles. The molecule has 2 aromatic rings. The largest absolute Gasteiger partial charge is 0.490 e. The summed E-state index contributed by atoms with van der Waals surface area (Å²) in [6.07, 6.45) is 0.832. The molecule has 0 fully saturated rings. The summed E-state index contributed by atoms with van der Waals surface area (Å²) in [4.78, 5) is 24.7. The maximum absolute atomic E-state index is 12.5. The van der Waals surface area contributed by atoms with E-state index in [1.165, 1.54) is 34.6 Å². The Morgan fingerprint density at radius 2 is 1.59 bits per heavy atom. The number of anilines is 1. The zero-order chi connectivity index (χ0) is 25.1. The highest BCUT2D eigenvalue weighted by Crippen LogP contribution is 2.29. The molecule has 2 rings (SSSR count). The number of nitrogens with zero attached hydrogens (tertiary/aromatic N) is 1. The molecule has 0 unspecified atom stereocenters. The summed E-state index contributed by atoms with van der Waals surface area (Å²) < 4.78 is 42.7. The minimum Gasteiger partial charge on any atom is -0.490 e. The van der Waals surface area contributed by atoms with Crippen molar-refractivity contribution in [3.8, 4) is 11.5 Å². The molecule has 1 amide bonds. The van der Waals surface area contributed by atoms with Gasteiger partial charge in [-0.1, -0.05) is 20.8 Å². The van der Waals surface area contributed by atoms with Gasteiger partial charge in [-0.15, -0.1) is 0 Å². The van der Waals surface area contributed by atoms with E-state index in [4.69, 9.17) is 14.2 Å². The third kappa shape index (κ3) is 7.19. The maximum Gasteiger partial charge on any atom is 0.338 e. The minimum atomic E-state index is -3.58. The Morgan fingerprint density at radius 3 is 2.18 bits per heavy atom. The van der Waals surface area contributed by atoms with Crippen LogP contribution >= 0.6 is 0 Å². The van der Waals surface area contributed by atoms with Gasteiger partial charge in [0.1, 0.15) is 0 Å². The topological polar surface area (TPSA) is 111 Å². The number of rotatable bonds is 13. The molecule has 0 aromatic heterocycles.